The Kier molecular flexibility index (Phi) is 11.3. The van der Waals surface area contributed by atoms with Crippen LogP contribution in [-0.2, 0) is 30.4 Å². The molecule has 33 heavy (non-hydrogen) atoms. The number of benzene rings is 1. The van der Waals surface area contributed by atoms with Crippen molar-refractivity contribution in [2.75, 3.05) is 5.75 Å². The first-order chi connectivity index (χ1) is 15.5. The van der Waals surface area contributed by atoms with Gasteiger partial charge in [0.1, 0.15) is 24.2 Å². The summed E-state index contributed by atoms with van der Waals surface area (Å²) in [5.74, 6) is -5.05. The maximum absolute atomic E-state index is 12.9. The molecule has 1 rings (SSSR count). The fourth-order valence-electron chi connectivity index (χ4n) is 2.69. The van der Waals surface area contributed by atoms with Crippen molar-refractivity contribution in [2.45, 2.75) is 50.0 Å². The van der Waals surface area contributed by atoms with Gasteiger partial charge in [-0.05, 0) is 12.5 Å². The van der Waals surface area contributed by atoms with Crippen LogP contribution in [0.4, 0.5) is 0 Å². The second kappa shape index (κ2) is 13.4. The molecule has 0 aliphatic carbocycles. The van der Waals surface area contributed by atoms with Crippen LogP contribution < -0.4 is 27.4 Å². The molecule has 5 unspecified atom stereocenters. The summed E-state index contributed by atoms with van der Waals surface area (Å²) in [4.78, 5) is 60.5. The predicted octanol–water partition coefficient (Wildman–Crippen LogP) is -2.72. The highest BCUT2D eigenvalue weighted by molar-refractivity contribution is 7.80. The van der Waals surface area contributed by atoms with E-state index in [1.54, 1.807) is 30.3 Å². The summed E-state index contributed by atoms with van der Waals surface area (Å²) in [6.07, 6.45) is -1.84. The van der Waals surface area contributed by atoms with E-state index in [4.69, 9.17) is 11.5 Å². The minimum absolute atomic E-state index is 0.0122. The summed E-state index contributed by atoms with van der Waals surface area (Å²) in [5.41, 5.74) is 11.4. The lowest BCUT2D eigenvalue weighted by Gasteiger charge is -2.25. The highest BCUT2D eigenvalue weighted by atomic mass is 32.1. The van der Waals surface area contributed by atoms with Gasteiger partial charge in [-0.25, -0.2) is 4.79 Å². The number of aliphatic hydroxyl groups is 1. The molecule has 1 aromatic rings. The quantitative estimate of drug-likeness (QED) is 0.138. The minimum atomic E-state index is -1.48. The molecule has 182 valence electrons. The molecule has 4 amide bonds. The van der Waals surface area contributed by atoms with Gasteiger partial charge in [0.25, 0.3) is 0 Å². The number of primary amides is 1. The molecule has 12 nitrogen and oxygen atoms in total. The average Bonchev–Trinajstić information content (AvgIpc) is 2.75. The molecule has 0 saturated carbocycles. The van der Waals surface area contributed by atoms with E-state index in [-0.39, 0.29) is 12.2 Å². The first-order valence-corrected chi connectivity index (χ1v) is 10.6. The van der Waals surface area contributed by atoms with Crippen LogP contribution in [0.5, 0.6) is 0 Å². The molecule has 13 heteroatoms. The molecule has 0 bridgehead atoms. The van der Waals surface area contributed by atoms with Crippen molar-refractivity contribution in [3.63, 3.8) is 0 Å². The number of nitrogens with two attached hydrogens (primary N) is 2. The molecule has 9 N–H and O–H groups in total. The van der Waals surface area contributed by atoms with Crippen molar-refractivity contribution in [1.82, 2.24) is 16.0 Å². The van der Waals surface area contributed by atoms with Crippen molar-refractivity contribution in [2.24, 2.45) is 11.5 Å². The van der Waals surface area contributed by atoms with Gasteiger partial charge in [0.2, 0.25) is 23.6 Å². The first-order valence-electron chi connectivity index (χ1n) is 9.96. The average molecular weight is 484 g/mol. The number of nitrogens with one attached hydrogen (secondary N) is 3. The number of rotatable bonds is 13. The van der Waals surface area contributed by atoms with Gasteiger partial charge in [-0.3, -0.25) is 19.2 Å². The van der Waals surface area contributed by atoms with Gasteiger partial charge in [-0.2, -0.15) is 12.6 Å². The van der Waals surface area contributed by atoms with Crippen LogP contribution in [0.2, 0.25) is 0 Å². The second-order valence-corrected chi connectivity index (χ2v) is 7.70. The van der Waals surface area contributed by atoms with Crippen molar-refractivity contribution in [1.29, 1.82) is 0 Å². The number of aliphatic hydroxyl groups excluding tert-OH is 1. The molecule has 0 fully saturated rings. The Labute approximate surface area is 195 Å². The van der Waals surface area contributed by atoms with E-state index in [0.29, 0.717) is 5.56 Å². The molecule has 0 spiro atoms. The summed E-state index contributed by atoms with van der Waals surface area (Å²) in [7, 11) is 0. The topological polar surface area (TPSA) is 214 Å². The summed E-state index contributed by atoms with van der Waals surface area (Å²) >= 11 is 3.90. The zero-order chi connectivity index (χ0) is 25.1. The van der Waals surface area contributed by atoms with Gasteiger partial charge < -0.3 is 37.6 Å². The Hall–Kier alpha value is -3.16. The largest absolute Gasteiger partial charge is 0.480 e. The molecule has 0 radical (unpaired) electrons. The Morgan fingerprint density at radius 2 is 1.45 bits per heavy atom. The number of thiol groups is 1. The summed E-state index contributed by atoms with van der Waals surface area (Å²) < 4.78 is 0. The third-order valence-corrected chi connectivity index (χ3v) is 4.94. The Morgan fingerprint density at radius 3 is 1.94 bits per heavy atom. The molecular formula is C20H29N5O7S. The SMILES string of the molecule is CC(O)C(N)C(=O)NC(CC(N)=O)C(=O)NC(Cc1ccccc1)C(=O)NC(CS)C(=O)O. The van der Waals surface area contributed by atoms with Gasteiger partial charge in [-0.1, -0.05) is 30.3 Å². The van der Waals surface area contributed by atoms with Crippen molar-refractivity contribution < 1.29 is 34.2 Å². The normalized spacial score (nSPS) is 15.3. The third kappa shape index (κ3) is 9.47. The Morgan fingerprint density at radius 1 is 0.939 bits per heavy atom. The fourth-order valence-corrected chi connectivity index (χ4v) is 2.93. The minimum Gasteiger partial charge on any atom is -0.480 e. The van der Waals surface area contributed by atoms with Crippen molar-refractivity contribution >= 4 is 42.2 Å². The van der Waals surface area contributed by atoms with Gasteiger partial charge in [0.05, 0.1) is 12.5 Å². The predicted molar refractivity (Wildman–Crippen MR) is 121 cm³/mol. The van der Waals surface area contributed by atoms with E-state index in [1.807, 2.05) is 0 Å². The van der Waals surface area contributed by atoms with Gasteiger partial charge in [-0.15, -0.1) is 0 Å². The summed E-state index contributed by atoms with van der Waals surface area (Å²) in [6, 6.07) is 3.17. The maximum atomic E-state index is 12.9. The lowest BCUT2D eigenvalue weighted by atomic mass is 10.0. The monoisotopic (exact) mass is 483 g/mol. The van der Waals surface area contributed by atoms with Crippen LogP contribution in [0.25, 0.3) is 0 Å². The van der Waals surface area contributed by atoms with E-state index in [0.717, 1.165) is 0 Å². The number of carboxylic acids is 1. The molecule has 5 atom stereocenters. The van der Waals surface area contributed by atoms with Crippen LogP contribution >= 0.6 is 12.6 Å². The van der Waals surface area contributed by atoms with E-state index < -0.39 is 66.3 Å². The van der Waals surface area contributed by atoms with Crippen LogP contribution in [0.1, 0.15) is 18.9 Å². The highest BCUT2D eigenvalue weighted by Gasteiger charge is 2.31. The van der Waals surface area contributed by atoms with Crippen LogP contribution in [-0.4, -0.2) is 75.8 Å². The first kappa shape index (κ1) is 27.9. The standard InChI is InChI=1S/C20H29N5O7S/c1-10(26)16(22)19(30)24-13(8-15(21)27)18(29)23-12(7-11-5-3-2-4-6-11)17(28)25-14(9-33)20(31)32/h2-6,10,12-14,16,26,33H,7-9,22H2,1H3,(H2,21,27)(H,23,29)(H,24,30)(H,25,28)(H,31,32). The third-order valence-electron chi connectivity index (χ3n) is 4.57. The van der Waals surface area contributed by atoms with Crippen molar-refractivity contribution in [3.8, 4) is 0 Å². The lowest BCUT2D eigenvalue weighted by molar-refractivity contribution is -0.141. The second-order valence-electron chi connectivity index (χ2n) is 7.33. The number of aliphatic carboxylic acids is 1. The summed E-state index contributed by atoms with van der Waals surface area (Å²) in [6.45, 7) is 1.27. The smallest absolute Gasteiger partial charge is 0.327 e. The molecule has 0 aliphatic heterocycles. The van der Waals surface area contributed by atoms with Gasteiger partial charge in [0, 0.05) is 12.2 Å². The molecule has 0 saturated heterocycles. The van der Waals surface area contributed by atoms with Crippen LogP contribution in [0, 0.1) is 0 Å². The van der Waals surface area contributed by atoms with E-state index in [1.165, 1.54) is 6.92 Å². The lowest BCUT2D eigenvalue weighted by Crippen LogP contribution is -2.59. The number of hydrogen-bond acceptors (Lipinski definition) is 8. The molecular weight excluding hydrogens is 454 g/mol. The fraction of sp³-hybridized carbons (Fsp3) is 0.450. The number of hydrogen-bond donors (Lipinski definition) is 8. The Bertz CT molecular complexity index is 852. The number of carbonyl (C=O) groups is 5. The number of amides is 4. The summed E-state index contributed by atoms with van der Waals surface area (Å²) in [5, 5.41) is 25.6. The zero-order valence-electron chi connectivity index (χ0n) is 17.9. The number of carbonyl (C=O) groups excluding carboxylic acids is 4. The molecule has 0 aliphatic rings. The van der Waals surface area contributed by atoms with E-state index in [2.05, 4.69) is 28.6 Å². The van der Waals surface area contributed by atoms with E-state index >= 15 is 0 Å². The van der Waals surface area contributed by atoms with Crippen molar-refractivity contribution in [3.05, 3.63) is 35.9 Å². The molecule has 0 heterocycles. The molecule has 0 aromatic heterocycles. The highest BCUT2D eigenvalue weighted by Crippen LogP contribution is 2.06. The van der Waals surface area contributed by atoms with Gasteiger partial charge >= 0.3 is 5.97 Å². The Balaban J connectivity index is 3.10. The number of carboxylic acid groups (broad SMARTS) is 1. The maximum Gasteiger partial charge on any atom is 0.327 e. The van der Waals surface area contributed by atoms with Crippen LogP contribution in [0.15, 0.2) is 30.3 Å². The zero-order valence-corrected chi connectivity index (χ0v) is 18.8. The molecule has 1 aromatic carbocycles. The van der Waals surface area contributed by atoms with Gasteiger partial charge in [0.15, 0.2) is 0 Å². The van der Waals surface area contributed by atoms with Crippen LogP contribution in [0.3, 0.4) is 0 Å². The van der Waals surface area contributed by atoms with E-state index in [9.17, 15) is 34.2 Å².